The summed E-state index contributed by atoms with van der Waals surface area (Å²) in [5, 5.41) is 6.29. The number of hydrogen-bond donors (Lipinski definition) is 2. The van der Waals surface area contributed by atoms with E-state index >= 15 is 0 Å². The second-order valence-corrected chi connectivity index (χ2v) is 11.5. The molecule has 2 atom stereocenters. The third-order valence-electron chi connectivity index (χ3n) is 8.02. The zero-order valence-electron chi connectivity index (χ0n) is 21.6. The molecule has 0 radical (unpaired) electrons. The van der Waals surface area contributed by atoms with Crippen molar-refractivity contribution < 1.29 is 18.7 Å². The van der Waals surface area contributed by atoms with Gasteiger partial charge in [0.1, 0.15) is 11.9 Å². The lowest BCUT2D eigenvalue weighted by molar-refractivity contribution is -0.133. The van der Waals surface area contributed by atoms with E-state index in [1.54, 1.807) is 6.07 Å². The zero-order chi connectivity index (χ0) is 25.0. The molecule has 4 rings (SSSR count). The highest BCUT2D eigenvalue weighted by atomic mass is 19.1. The Morgan fingerprint density at radius 2 is 1.83 bits per heavy atom. The summed E-state index contributed by atoms with van der Waals surface area (Å²) in [6.45, 7) is 8.87. The molecule has 2 fully saturated rings. The number of nitrogens with one attached hydrogen (secondary N) is 2. The summed E-state index contributed by atoms with van der Waals surface area (Å²) in [5.41, 5.74) is 1.89. The van der Waals surface area contributed by atoms with Crippen LogP contribution in [0.15, 0.2) is 18.2 Å². The van der Waals surface area contributed by atoms with Gasteiger partial charge in [-0.3, -0.25) is 9.59 Å². The molecule has 2 heterocycles. The van der Waals surface area contributed by atoms with Gasteiger partial charge in [0.05, 0.1) is 0 Å². The molecule has 1 aromatic rings. The molecule has 1 saturated carbocycles. The number of amides is 2. The first-order chi connectivity index (χ1) is 16.7. The maximum absolute atomic E-state index is 13.9. The Labute approximate surface area is 209 Å². The van der Waals surface area contributed by atoms with Crippen LogP contribution in [0.25, 0.3) is 0 Å². The molecule has 2 amide bonds. The van der Waals surface area contributed by atoms with Crippen LogP contribution >= 0.6 is 0 Å². The second kappa shape index (κ2) is 11.3. The van der Waals surface area contributed by atoms with Gasteiger partial charge in [-0.25, -0.2) is 4.39 Å². The number of halogens is 1. The van der Waals surface area contributed by atoms with E-state index in [1.165, 1.54) is 25.3 Å². The molecule has 1 aliphatic carbocycles. The molecule has 6 nitrogen and oxygen atoms in total. The Kier molecular flexibility index (Phi) is 8.35. The number of rotatable bonds is 8. The van der Waals surface area contributed by atoms with Crippen LogP contribution in [0.4, 0.5) is 10.1 Å². The van der Waals surface area contributed by atoms with E-state index in [2.05, 4.69) is 29.4 Å². The molecule has 3 aliphatic rings. The van der Waals surface area contributed by atoms with Crippen molar-refractivity contribution in [3.8, 4) is 0 Å². The first kappa shape index (κ1) is 25.9. The summed E-state index contributed by atoms with van der Waals surface area (Å²) < 4.78 is 19.3. The average molecular weight is 488 g/mol. The maximum Gasteiger partial charge on any atom is 0.242 e. The van der Waals surface area contributed by atoms with Gasteiger partial charge < -0.3 is 20.3 Å². The monoisotopic (exact) mass is 487 g/mol. The van der Waals surface area contributed by atoms with E-state index < -0.39 is 6.04 Å². The van der Waals surface area contributed by atoms with Crippen LogP contribution in [-0.2, 0) is 19.7 Å². The summed E-state index contributed by atoms with van der Waals surface area (Å²) in [6, 6.07) is 4.36. The van der Waals surface area contributed by atoms with Gasteiger partial charge >= 0.3 is 0 Å². The molecule has 7 heteroatoms. The highest BCUT2D eigenvalue weighted by molar-refractivity contribution is 5.88. The van der Waals surface area contributed by atoms with Crippen molar-refractivity contribution in [2.75, 3.05) is 31.2 Å². The Hall–Kier alpha value is -2.15. The van der Waals surface area contributed by atoms with Crippen molar-refractivity contribution in [1.29, 1.82) is 0 Å². The first-order valence-electron chi connectivity index (χ1n) is 13.5. The fourth-order valence-electron chi connectivity index (χ4n) is 6.09. The molecule has 0 aromatic heterocycles. The van der Waals surface area contributed by atoms with Crippen LogP contribution in [-0.4, -0.2) is 50.2 Å². The van der Waals surface area contributed by atoms with Crippen molar-refractivity contribution in [2.45, 2.75) is 89.6 Å². The lowest BCUT2D eigenvalue weighted by Gasteiger charge is -2.31. The Bertz CT molecular complexity index is 893. The molecule has 0 bridgehead atoms. The van der Waals surface area contributed by atoms with E-state index in [1.807, 2.05) is 13.0 Å². The van der Waals surface area contributed by atoms with Crippen LogP contribution in [0, 0.1) is 17.7 Å². The first-order valence-corrected chi connectivity index (χ1v) is 13.5. The van der Waals surface area contributed by atoms with E-state index in [0.29, 0.717) is 44.9 Å². The smallest absolute Gasteiger partial charge is 0.242 e. The van der Waals surface area contributed by atoms with Gasteiger partial charge in [-0.05, 0) is 55.9 Å². The average Bonchev–Trinajstić information content (AvgIpc) is 3.08. The SMILES string of the molecule is C[C@@H](CN1CC(C)(C)c2cc(F)ccc21)NC(=O)[C@H](CC1CCCCC1)NC(=O)C1CCOCC1. The number of ether oxygens (including phenoxy) is 1. The Morgan fingerprint density at radius 1 is 1.11 bits per heavy atom. The van der Waals surface area contributed by atoms with Gasteiger partial charge in [-0.15, -0.1) is 0 Å². The third-order valence-corrected chi connectivity index (χ3v) is 8.02. The topological polar surface area (TPSA) is 70.7 Å². The Morgan fingerprint density at radius 3 is 2.54 bits per heavy atom. The number of hydrogen-bond acceptors (Lipinski definition) is 4. The molecule has 0 spiro atoms. The van der Waals surface area contributed by atoms with Gasteiger partial charge in [0.2, 0.25) is 11.8 Å². The van der Waals surface area contributed by atoms with Crippen molar-refractivity contribution in [3.63, 3.8) is 0 Å². The highest BCUT2D eigenvalue weighted by Gasteiger charge is 2.36. The van der Waals surface area contributed by atoms with Gasteiger partial charge in [-0.1, -0.05) is 46.0 Å². The van der Waals surface area contributed by atoms with Crippen LogP contribution in [0.3, 0.4) is 0 Å². The number of nitrogens with zero attached hydrogens (tertiary/aromatic N) is 1. The van der Waals surface area contributed by atoms with Crippen LogP contribution in [0.1, 0.15) is 77.7 Å². The fourth-order valence-corrected chi connectivity index (χ4v) is 6.09. The van der Waals surface area contributed by atoms with Gasteiger partial charge in [0, 0.05) is 49.4 Å². The van der Waals surface area contributed by atoms with E-state index in [9.17, 15) is 14.0 Å². The van der Waals surface area contributed by atoms with Crippen LogP contribution in [0.2, 0.25) is 0 Å². The fraction of sp³-hybridized carbons (Fsp3) is 0.714. The normalized spacial score (nSPS) is 22.3. The summed E-state index contributed by atoms with van der Waals surface area (Å²) in [6.07, 6.45) is 8.05. The van der Waals surface area contributed by atoms with Crippen LogP contribution in [0.5, 0.6) is 0 Å². The van der Waals surface area contributed by atoms with Crippen molar-refractivity contribution in [1.82, 2.24) is 10.6 Å². The van der Waals surface area contributed by atoms with Crippen molar-refractivity contribution in [2.24, 2.45) is 11.8 Å². The van der Waals surface area contributed by atoms with Crippen molar-refractivity contribution >= 4 is 17.5 Å². The summed E-state index contributed by atoms with van der Waals surface area (Å²) in [4.78, 5) is 28.6. The zero-order valence-corrected chi connectivity index (χ0v) is 21.6. The maximum atomic E-state index is 13.9. The molecule has 194 valence electrons. The van der Waals surface area contributed by atoms with Gasteiger partial charge in [0.15, 0.2) is 0 Å². The highest BCUT2D eigenvalue weighted by Crippen LogP contribution is 2.40. The minimum absolute atomic E-state index is 0.0193. The van der Waals surface area contributed by atoms with E-state index in [4.69, 9.17) is 4.74 Å². The van der Waals surface area contributed by atoms with Gasteiger partial charge in [-0.2, -0.15) is 0 Å². The third kappa shape index (κ3) is 6.54. The molecule has 0 unspecified atom stereocenters. The summed E-state index contributed by atoms with van der Waals surface area (Å²) in [5.74, 6) is 0.0683. The molecule has 1 aromatic carbocycles. The molecule has 1 saturated heterocycles. The predicted molar refractivity (Wildman–Crippen MR) is 136 cm³/mol. The lowest BCUT2D eigenvalue weighted by atomic mass is 9.84. The molecular formula is C28H42FN3O3. The largest absolute Gasteiger partial charge is 0.381 e. The van der Waals surface area contributed by atoms with Crippen LogP contribution < -0.4 is 15.5 Å². The number of benzene rings is 1. The van der Waals surface area contributed by atoms with Gasteiger partial charge in [0.25, 0.3) is 0 Å². The summed E-state index contributed by atoms with van der Waals surface area (Å²) >= 11 is 0. The quantitative estimate of drug-likeness (QED) is 0.573. The Balaban J connectivity index is 1.39. The standard InChI is InChI=1S/C28H42FN3O3/c1-19(17-32-18-28(2,3)23-16-22(29)9-10-25(23)32)30-27(34)24(15-20-7-5-4-6-8-20)31-26(33)21-11-13-35-14-12-21/h9-10,16,19-21,24H,4-8,11-15,17-18H2,1-3H3,(H,30,34)(H,31,33)/t19-,24-/m0/s1. The van der Waals surface area contributed by atoms with Crippen molar-refractivity contribution in [3.05, 3.63) is 29.6 Å². The number of carbonyl (C=O) groups is 2. The molecule has 2 aliphatic heterocycles. The lowest BCUT2D eigenvalue weighted by Crippen LogP contribution is -2.53. The minimum Gasteiger partial charge on any atom is -0.381 e. The number of anilines is 1. The molecule has 2 N–H and O–H groups in total. The minimum atomic E-state index is -0.507. The van der Waals surface area contributed by atoms with E-state index in [-0.39, 0.29) is 35.0 Å². The number of carbonyl (C=O) groups excluding carboxylic acids is 2. The predicted octanol–water partition coefficient (Wildman–Crippen LogP) is 4.31. The summed E-state index contributed by atoms with van der Waals surface area (Å²) in [7, 11) is 0. The van der Waals surface area contributed by atoms with E-state index in [0.717, 1.165) is 30.6 Å². The second-order valence-electron chi connectivity index (χ2n) is 11.5. The molecular weight excluding hydrogens is 445 g/mol. The number of fused-ring (bicyclic) bond motifs is 1. The molecule has 35 heavy (non-hydrogen) atoms.